The van der Waals surface area contributed by atoms with Gasteiger partial charge in [0, 0.05) is 44.0 Å². The van der Waals surface area contributed by atoms with Gasteiger partial charge in [0.05, 0.1) is 6.20 Å². The molecule has 1 heterocycles. The van der Waals surface area contributed by atoms with E-state index in [1.54, 1.807) is 17.9 Å². The maximum absolute atomic E-state index is 13.6. The Kier molecular flexibility index (Phi) is 4.32. The Balaban J connectivity index is 2.08. The van der Waals surface area contributed by atoms with Crippen LogP contribution in [-0.2, 0) is 18.4 Å². The van der Waals surface area contributed by atoms with Gasteiger partial charge < -0.3 is 10.6 Å². The van der Waals surface area contributed by atoms with Gasteiger partial charge in [-0.3, -0.25) is 9.48 Å². The molecule has 2 N–H and O–H groups in total. The molecule has 0 aliphatic heterocycles. The van der Waals surface area contributed by atoms with E-state index in [-0.39, 0.29) is 18.0 Å². The summed E-state index contributed by atoms with van der Waals surface area (Å²) in [4.78, 5) is 13.5. The first-order valence-electron chi connectivity index (χ1n) is 6.31. The van der Waals surface area contributed by atoms with Crippen molar-refractivity contribution in [2.45, 2.75) is 12.6 Å². The van der Waals surface area contributed by atoms with Crippen LogP contribution in [0.2, 0.25) is 0 Å². The highest BCUT2D eigenvalue weighted by Gasteiger charge is 2.22. The van der Waals surface area contributed by atoms with Crippen LogP contribution in [0.25, 0.3) is 0 Å². The van der Waals surface area contributed by atoms with Crippen molar-refractivity contribution < 1.29 is 13.6 Å². The molecule has 112 valence electrons. The quantitative estimate of drug-likeness (QED) is 0.926. The molecule has 5 nitrogen and oxygen atoms in total. The summed E-state index contributed by atoms with van der Waals surface area (Å²) in [6, 6.07) is 2.38. The second kappa shape index (κ2) is 6.01. The van der Waals surface area contributed by atoms with Gasteiger partial charge in [-0.05, 0) is 6.07 Å². The van der Waals surface area contributed by atoms with Crippen molar-refractivity contribution in [3.8, 4) is 0 Å². The van der Waals surface area contributed by atoms with Crippen LogP contribution < -0.4 is 5.73 Å². The Morgan fingerprint density at radius 1 is 1.48 bits per heavy atom. The molecule has 2 rings (SSSR count). The smallest absolute Gasteiger partial charge is 0.244 e. The van der Waals surface area contributed by atoms with Gasteiger partial charge in [0.1, 0.15) is 17.7 Å². The molecule has 0 spiro atoms. The van der Waals surface area contributed by atoms with Crippen LogP contribution in [0.1, 0.15) is 17.2 Å². The minimum atomic E-state index is -0.868. The van der Waals surface area contributed by atoms with Crippen molar-refractivity contribution in [2.24, 2.45) is 12.8 Å². The number of carbonyl (C=O) groups is 1. The van der Waals surface area contributed by atoms with Crippen LogP contribution in [0, 0.1) is 11.6 Å². The number of aryl methyl sites for hydroxylation is 1. The first-order valence-corrected chi connectivity index (χ1v) is 6.31. The summed E-state index contributed by atoms with van der Waals surface area (Å²) in [5, 5.41) is 3.95. The summed E-state index contributed by atoms with van der Waals surface area (Å²) >= 11 is 0. The number of aromatic nitrogens is 2. The zero-order chi connectivity index (χ0) is 15.6. The molecule has 2 aromatic rings. The van der Waals surface area contributed by atoms with Crippen molar-refractivity contribution in [1.82, 2.24) is 14.7 Å². The van der Waals surface area contributed by atoms with E-state index in [0.717, 1.165) is 12.1 Å². The SMILES string of the molecule is CN(Cc1ccc(F)cc1F)C(=O)C(N)c1cnn(C)c1. The van der Waals surface area contributed by atoms with E-state index >= 15 is 0 Å². The van der Waals surface area contributed by atoms with Gasteiger partial charge in [-0.1, -0.05) is 6.07 Å². The van der Waals surface area contributed by atoms with E-state index in [1.165, 1.54) is 24.2 Å². The minimum Gasteiger partial charge on any atom is -0.340 e. The van der Waals surface area contributed by atoms with E-state index in [0.29, 0.717) is 5.56 Å². The molecule has 7 heteroatoms. The largest absolute Gasteiger partial charge is 0.340 e. The number of hydrogen-bond donors (Lipinski definition) is 1. The van der Waals surface area contributed by atoms with Gasteiger partial charge in [-0.25, -0.2) is 8.78 Å². The van der Waals surface area contributed by atoms with Crippen molar-refractivity contribution in [3.63, 3.8) is 0 Å². The van der Waals surface area contributed by atoms with E-state index in [2.05, 4.69) is 5.10 Å². The second-order valence-corrected chi connectivity index (χ2v) is 4.86. The van der Waals surface area contributed by atoms with Crippen LogP contribution in [0.5, 0.6) is 0 Å². The molecule has 0 aliphatic rings. The van der Waals surface area contributed by atoms with Crippen molar-refractivity contribution >= 4 is 5.91 Å². The van der Waals surface area contributed by atoms with Gasteiger partial charge in [0.15, 0.2) is 0 Å². The summed E-state index contributed by atoms with van der Waals surface area (Å²) in [5.41, 5.74) is 6.68. The summed E-state index contributed by atoms with van der Waals surface area (Å²) in [6.45, 7) is 0.0128. The highest BCUT2D eigenvalue weighted by atomic mass is 19.1. The molecule has 0 saturated carbocycles. The van der Waals surface area contributed by atoms with E-state index in [4.69, 9.17) is 5.73 Å². The number of benzene rings is 1. The van der Waals surface area contributed by atoms with Gasteiger partial charge in [0.25, 0.3) is 0 Å². The summed E-state index contributed by atoms with van der Waals surface area (Å²) in [5.74, 6) is -1.71. The number of carbonyl (C=O) groups excluding carboxylic acids is 1. The molecule has 0 fully saturated rings. The van der Waals surface area contributed by atoms with E-state index < -0.39 is 17.7 Å². The van der Waals surface area contributed by atoms with Crippen LogP contribution >= 0.6 is 0 Å². The van der Waals surface area contributed by atoms with E-state index in [1.807, 2.05) is 0 Å². The Labute approximate surface area is 121 Å². The topological polar surface area (TPSA) is 64.2 Å². The molecule has 0 aliphatic carbocycles. The van der Waals surface area contributed by atoms with Gasteiger partial charge in [-0.15, -0.1) is 0 Å². The highest BCUT2D eigenvalue weighted by molar-refractivity contribution is 5.82. The first-order chi connectivity index (χ1) is 9.88. The lowest BCUT2D eigenvalue weighted by Crippen LogP contribution is -2.35. The number of amides is 1. The van der Waals surface area contributed by atoms with Gasteiger partial charge in [0.2, 0.25) is 5.91 Å². The zero-order valence-corrected chi connectivity index (χ0v) is 11.8. The van der Waals surface area contributed by atoms with Gasteiger partial charge in [-0.2, -0.15) is 5.10 Å². The third-order valence-corrected chi connectivity index (χ3v) is 3.15. The predicted molar refractivity (Wildman–Crippen MR) is 73.0 cm³/mol. The van der Waals surface area contributed by atoms with Crippen LogP contribution in [0.3, 0.4) is 0 Å². The number of nitrogens with zero attached hydrogens (tertiary/aromatic N) is 3. The van der Waals surface area contributed by atoms with Crippen molar-refractivity contribution in [2.75, 3.05) is 7.05 Å². The van der Waals surface area contributed by atoms with Crippen LogP contribution in [0.15, 0.2) is 30.6 Å². The fourth-order valence-corrected chi connectivity index (χ4v) is 1.96. The Morgan fingerprint density at radius 2 is 2.19 bits per heavy atom. The molecule has 1 atom stereocenters. The average molecular weight is 294 g/mol. The lowest BCUT2D eigenvalue weighted by atomic mass is 10.1. The normalized spacial score (nSPS) is 12.2. The Hall–Kier alpha value is -2.28. The highest BCUT2D eigenvalue weighted by Crippen LogP contribution is 2.15. The van der Waals surface area contributed by atoms with Gasteiger partial charge >= 0.3 is 0 Å². The zero-order valence-electron chi connectivity index (χ0n) is 11.8. The number of halogens is 2. The molecule has 0 saturated heterocycles. The molecular weight excluding hydrogens is 278 g/mol. The minimum absolute atomic E-state index is 0.0128. The van der Waals surface area contributed by atoms with E-state index in [9.17, 15) is 13.6 Å². The fraction of sp³-hybridized carbons (Fsp3) is 0.286. The summed E-state index contributed by atoms with van der Waals surface area (Å²) < 4.78 is 28.0. The lowest BCUT2D eigenvalue weighted by Gasteiger charge is -2.21. The summed E-state index contributed by atoms with van der Waals surface area (Å²) in [7, 11) is 3.24. The number of hydrogen-bond acceptors (Lipinski definition) is 3. The number of likely N-dealkylation sites (N-methyl/N-ethyl adjacent to an activating group) is 1. The fourth-order valence-electron chi connectivity index (χ4n) is 1.96. The third kappa shape index (κ3) is 3.43. The lowest BCUT2D eigenvalue weighted by molar-refractivity contribution is -0.132. The number of nitrogens with two attached hydrogens (primary N) is 1. The molecule has 1 aromatic carbocycles. The summed E-state index contributed by atoms with van der Waals surface area (Å²) in [6.07, 6.45) is 3.16. The molecule has 1 amide bonds. The maximum Gasteiger partial charge on any atom is 0.244 e. The molecule has 1 unspecified atom stereocenters. The Bertz CT molecular complexity index is 656. The third-order valence-electron chi connectivity index (χ3n) is 3.15. The number of rotatable bonds is 4. The molecule has 21 heavy (non-hydrogen) atoms. The molecule has 1 aromatic heterocycles. The predicted octanol–water partition coefficient (Wildman–Crippen LogP) is 1.36. The standard InChI is InChI=1S/C14H16F2N4O/c1-19(7-9-3-4-11(15)5-12(9)16)14(21)13(17)10-6-18-20(2)8-10/h3-6,8,13H,7,17H2,1-2H3. The average Bonchev–Trinajstić information content (AvgIpc) is 2.86. The first kappa shape index (κ1) is 15.1. The maximum atomic E-state index is 13.6. The Morgan fingerprint density at radius 3 is 2.76 bits per heavy atom. The second-order valence-electron chi connectivity index (χ2n) is 4.86. The van der Waals surface area contributed by atoms with Crippen LogP contribution in [0.4, 0.5) is 8.78 Å². The van der Waals surface area contributed by atoms with Crippen molar-refractivity contribution in [1.29, 1.82) is 0 Å². The molecule has 0 radical (unpaired) electrons. The molecular formula is C14H16F2N4O. The van der Waals surface area contributed by atoms with Crippen LogP contribution in [-0.4, -0.2) is 27.6 Å². The monoisotopic (exact) mass is 294 g/mol. The molecule has 0 bridgehead atoms. The van der Waals surface area contributed by atoms with Crippen molar-refractivity contribution in [3.05, 3.63) is 53.4 Å².